The van der Waals surface area contributed by atoms with Crippen molar-refractivity contribution in [1.29, 1.82) is 0 Å². The van der Waals surface area contributed by atoms with E-state index in [-0.39, 0.29) is 18.1 Å². The monoisotopic (exact) mass is 218 g/mol. The van der Waals surface area contributed by atoms with Gasteiger partial charge in [0.05, 0.1) is 6.42 Å². The third-order valence-corrected chi connectivity index (χ3v) is 2.14. The van der Waals surface area contributed by atoms with E-state index in [1.54, 1.807) is 24.5 Å². The van der Waals surface area contributed by atoms with E-state index in [1.807, 2.05) is 6.07 Å². The SMILES string of the molecule is O=C(Cc1cc[nH]c1)Nc1cccc(F)c1. The maximum absolute atomic E-state index is 12.8. The lowest BCUT2D eigenvalue weighted by Crippen LogP contribution is -2.14. The van der Waals surface area contributed by atoms with Crippen molar-refractivity contribution >= 4 is 11.6 Å². The molecule has 0 fully saturated rings. The molecule has 0 unspecified atom stereocenters. The zero-order chi connectivity index (χ0) is 11.4. The van der Waals surface area contributed by atoms with E-state index < -0.39 is 0 Å². The first-order valence-electron chi connectivity index (χ1n) is 4.91. The van der Waals surface area contributed by atoms with E-state index in [0.29, 0.717) is 5.69 Å². The van der Waals surface area contributed by atoms with Crippen LogP contribution >= 0.6 is 0 Å². The van der Waals surface area contributed by atoms with Crippen LogP contribution in [-0.2, 0) is 11.2 Å². The molecule has 2 N–H and O–H groups in total. The Kier molecular flexibility index (Phi) is 3.00. The summed E-state index contributed by atoms with van der Waals surface area (Å²) >= 11 is 0. The van der Waals surface area contributed by atoms with Gasteiger partial charge in [0.2, 0.25) is 5.91 Å². The van der Waals surface area contributed by atoms with Crippen LogP contribution in [0.4, 0.5) is 10.1 Å². The number of aromatic nitrogens is 1. The Morgan fingerprint density at radius 2 is 2.25 bits per heavy atom. The summed E-state index contributed by atoms with van der Waals surface area (Å²) in [7, 11) is 0. The lowest BCUT2D eigenvalue weighted by Gasteiger charge is -2.03. The van der Waals surface area contributed by atoms with Gasteiger partial charge in [0.1, 0.15) is 5.82 Å². The fourth-order valence-electron chi connectivity index (χ4n) is 1.43. The second-order valence-corrected chi connectivity index (χ2v) is 3.45. The number of benzene rings is 1. The van der Waals surface area contributed by atoms with E-state index >= 15 is 0 Å². The van der Waals surface area contributed by atoms with Gasteiger partial charge in [-0.25, -0.2) is 4.39 Å². The molecule has 0 aliphatic rings. The standard InChI is InChI=1S/C12H11FN2O/c13-10-2-1-3-11(7-10)15-12(16)6-9-4-5-14-8-9/h1-5,7-8,14H,6H2,(H,15,16). The first kappa shape index (κ1) is 10.4. The van der Waals surface area contributed by atoms with E-state index in [4.69, 9.17) is 0 Å². The van der Waals surface area contributed by atoms with Crippen molar-refractivity contribution in [3.8, 4) is 0 Å². The number of anilines is 1. The molecule has 0 atom stereocenters. The molecule has 4 heteroatoms. The fourth-order valence-corrected chi connectivity index (χ4v) is 1.43. The number of H-pyrrole nitrogens is 1. The highest BCUT2D eigenvalue weighted by Crippen LogP contribution is 2.09. The number of hydrogen-bond acceptors (Lipinski definition) is 1. The zero-order valence-corrected chi connectivity index (χ0v) is 8.53. The van der Waals surface area contributed by atoms with Gasteiger partial charge >= 0.3 is 0 Å². The van der Waals surface area contributed by atoms with Crippen molar-refractivity contribution in [2.45, 2.75) is 6.42 Å². The van der Waals surface area contributed by atoms with Crippen molar-refractivity contribution in [3.63, 3.8) is 0 Å². The fraction of sp³-hybridized carbons (Fsp3) is 0.0833. The summed E-state index contributed by atoms with van der Waals surface area (Å²) in [5.41, 5.74) is 1.37. The predicted molar refractivity (Wildman–Crippen MR) is 59.5 cm³/mol. The lowest BCUT2D eigenvalue weighted by atomic mass is 10.2. The number of carbonyl (C=O) groups is 1. The summed E-state index contributed by atoms with van der Waals surface area (Å²) in [4.78, 5) is 14.4. The van der Waals surface area contributed by atoms with Gasteiger partial charge in [-0.05, 0) is 29.8 Å². The van der Waals surface area contributed by atoms with Crippen molar-refractivity contribution < 1.29 is 9.18 Å². The van der Waals surface area contributed by atoms with Gasteiger partial charge in [-0.15, -0.1) is 0 Å². The average Bonchev–Trinajstić information content (AvgIpc) is 2.70. The molecule has 0 saturated carbocycles. The Labute approximate surface area is 92.3 Å². The van der Waals surface area contributed by atoms with Crippen LogP contribution < -0.4 is 5.32 Å². The molecule has 0 aliphatic carbocycles. The van der Waals surface area contributed by atoms with Crippen molar-refractivity contribution in [2.75, 3.05) is 5.32 Å². The molecule has 0 bridgehead atoms. The van der Waals surface area contributed by atoms with Crippen molar-refractivity contribution in [1.82, 2.24) is 4.98 Å². The van der Waals surface area contributed by atoms with Gasteiger partial charge in [-0.3, -0.25) is 4.79 Å². The van der Waals surface area contributed by atoms with Crippen molar-refractivity contribution in [3.05, 3.63) is 54.1 Å². The number of hydrogen-bond donors (Lipinski definition) is 2. The van der Waals surface area contributed by atoms with E-state index in [2.05, 4.69) is 10.3 Å². The van der Waals surface area contributed by atoms with Gasteiger partial charge in [-0.1, -0.05) is 6.07 Å². The molecule has 16 heavy (non-hydrogen) atoms. The largest absolute Gasteiger partial charge is 0.367 e. The highest BCUT2D eigenvalue weighted by Gasteiger charge is 2.04. The Morgan fingerprint density at radius 1 is 1.38 bits per heavy atom. The van der Waals surface area contributed by atoms with Crippen LogP contribution in [0.1, 0.15) is 5.56 Å². The topological polar surface area (TPSA) is 44.9 Å². The summed E-state index contributed by atoms with van der Waals surface area (Å²) in [6, 6.07) is 7.65. The lowest BCUT2D eigenvalue weighted by molar-refractivity contribution is -0.115. The van der Waals surface area contributed by atoms with Gasteiger partial charge in [0, 0.05) is 18.1 Å². The molecule has 1 aromatic heterocycles. The summed E-state index contributed by atoms with van der Waals surface area (Å²) < 4.78 is 12.8. The van der Waals surface area contributed by atoms with Crippen LogP contribution in [0.25, 0.3) is 0 Å². The van der Waals surface area contributed by atoms with Gasteiger partial charge in [-0.2, -0.15) is 0 Å². The van der Waals surface area contributed by atoms with E-state index in [0.717, 1.165) is 5.56 Å². The highest BCUT2D eigenvalue weighted by molar-refractivity contribution is 5.92. The predicted octanol–water partition coefficient (Wildman–Crippen LogP) is 2.33. The molecule has 1 amide bonds. The molecule has 82 valence electrons. The molecule has 3 nitrogen and oxygen atoms in total. The minimum absolute atomic E-state index is 0.162. The molecular formula is C12H11FN2O. The Morgan fingerprint density at radius 3 is 2.94 bits per heavy atom. The maximum Gasteiger partial charge on any atom is 0.228 e. The molecule has 2 aromatic rings. The zero-order valence-electron chi connectivity index (χ0n) is 8.53. The Hall–Kier alpha value is -2.10. The second kappa shape index (κ2) is 4.61. The highest BCUT2D eigenvalue weighted by atomic mass is 19.1. The molecular weight excluding hydrogens is 207 g/mol. The van der Waals surface area contributed by atoms with Crippen LogP contribution in [0, 0.1) is 5.82 Å². The first-order valence-corrected chi connectivity index (χ1v) is 4.91. The van der Waals surface area contributed by atoms with Crippen LogP contribution in [0.5, 0.6) is 0 Å². The van der Waals surface area contributed by atoms with Crippen LogP contribution in [0.3, 0.4) is 0 Å². The maximum atomic E-state index is 12.8. The number of aromatic amines is 1. The molecule has 0 radical (unpaired) electrons. The van der Waals surface area contributed by atoms with E-state index in [9.17, 15) is 9.18 Å². The van der Waals surface area contributed by atoms with E-state index in [1.165, 1.54) is 12.1 Å². The molecule has 0 saturated heterocycles. The summed E-state index contributed by atoms with van der Waals surface area (Å²) in [6.45, 7) is 0. The summed E-state index contributed by atoms with van der Waals surface area (Å²) in [5, 5.41) is 2.63. The van der Waals surface area contributed by atoms with Gasteiger partial charge < -0.3 is 10.3 Å². The minimum atomic E-state index is -0.362. The van der Waals surface area contributed by atoms with Gasteiger partial charge in [0.25, 0.3) is 0 Å². The number of amides is 1. The van der Waals surface area contributed by atoms with Crippen LogP contribution in [0.2, 0.25) is 0 Å². The first-order chi connectivity index (χ1) is 7.74. The second-order valence-electron chi connectivity index (χ2n) is 3.45. The third-order valence-electron chi connectivity index (χ3n) is 2.14. The average molecular weight is 218 g/mol. The summed E-state index contributed by atoms with van der Waals surface area (Å²) in [6.07, 6.45) is 3.79. The minimum Gasteiger partial charge on any atom is -0.367 e. The van der Waals surface area contributed by atoms with Crippen molar-refractivity contribution in [2.24, 2.45) is 0 Å². The molecule has 1 heterocycles. The third kappa shape index (κ3) is 2.70. The number of nitrogens with one attached hydrogen (secondary N) is 2. The number of halogens is 1. The normalized spacial score (nSPS) is 10.1. The Bertz CT molecular complexity index is 480. The Balaban J connectivity index is 1.97. The smallest absolute Gasteiger partial charge is 0.228 e. The molecule has 0 aliphatic heterocycles. The van der Waals surface area contributed by atoms with Crippen LogP contribution in [-0.4, -0.2) is 10.9 Å². The summed E-state index contributed by atoms with van der Waals surface area (Å²) in [5.74, 6) is -0.523. The van der Waals surface area contributed by atoms with Gasteiger partial charge in [0.15, 0.2) is 0 Å². The molecule has 2 rings (SSSR count). The quantitative estimate of drug-likeness (QED) is 0.816. The molecule has 0 spiro atoms. The number of rotatable bonds is 3. The van der Waals surface area contributed by atoms with Crippen LogP contribution in [0.15, 0.2) is 42.7 Å². The number of carbonyl (C=O) groups excluding carboxylic acids is 1. The molecule has 1 aromatic carbocycles.